The lowest BCUT2D eigenvalue weighted by atomic mass is 10.1. The second-order valence-corrected chi connectivity index (χ2v) is 4.94. The van der Waals surface area contributed by atoms with Crippen molar-refractivity contribution in [2.24, 2.45) is 10.9 Å². The third kappa shape index (κ3) is 3.51. The third-order valence-electron chi connectivity index (χ3n) is 3.45. The van der Waals surface area contributed by atoms with Gasteiger partial charge in [0.15, 0.2) is 5.84 Å². The summed E-state index contributed by atoms with van der Waals surface area (Å²) >= 11 is 0. The summed E-state index contributed by atoms with van der Waals surface area (Å²) in [6.07, 6.45) is 0. The van der Waals surface area contributed by atoms with Crippen LogP contribution in [0.5, 0.6) is 0 Å². The highest BCUT2D eigenvalue weighted by molar-refractivity contribution is 5.98. The highest BCUT2D eigenvalue weighted by Gasteiger charge is 2.08. The Labute approximate surface area is 123 Å². The minimum absolute atomic E-state index is 0.105. The lowest BCUT2D eigenvalue weighted by molar-refractivity contribution is 0.318. The van der Waals surface area contributed by atoms with Crippen LogP contribution in [0.2, 0.25) is 0 Å². The maximum Gasteiger partial charge on any atom is 0.170 e. The Morgan fingerprint density at radius 1 is 1.19 bits per heavy atom. The zero-order valence-corrected chi connectivity index (χ0v) is 12.0. The number of rotatable bonds is 4. The molecule has 0 radical (unpaired) electrons. The van der Waals surface area contributed by atoms with E-state index in [1.54, 1.807) is 6.07 Å². The number of nitrogens with zero attached hydrogens (tertiary/aromatic N) is 1. The maximum absolute atomic E-state index is 13.3. The van der Waals surface area contributed by atoms with E-state index >= 15 is 0 Å². The minimum Gasteiger partial charge on any atom is -0.409 e. The molecular formula is C16H18FN3O. The monoisotopic (exact) mass is 287 g/mol. The van der Waals surface area contributed by atoms with Crippen LogP contribution in [0.3, 0.4) is 0 Å². The molecule has 0 bridgehead atoms. The summed E-state index contributed by atoms with van der Waals surface area (Å²) < 4.78 is 13.3. The first kappa shape index (κ1) is 14.8. The van der Waals surface area contributed by atoms with Gasteiger partial charge in [-0.25, -0.2) is 4.39 Å². The molecule has 0 saturated carbocycles. The van der Waals surface area contributed by atoms with Crippen LogP contribution in [0.25, 0.3) is 0 Å². The van der Waals surface area contributed by atoms with Crippen LogP contribution >= 0.6 is 0 Å². The van der Waals surface area contributed by atoms with E-state index in [0.717, 1.165) is 11.3 Å². The second-order valence-electron chi connectivity index (χ2n) is 4.94. The predicted octanol–water partition coefficient (Wildman–Crippen LogP) is 3.15. The molecule has 110 valence electrons. The Bertz CT molecular complexity index is 683. The first-order valence-electron chi connectivity index (χ1n) is 6.58. The summed E-state index contributed by atoms with van der Waals surface area (Å²) in [5.41, 5.74) is 10.1. The van der Waals surface area contributed by atoms with Gasteiger partial charge >= 0.3 is 0 Å². The molecule has 0 unspecified atom stereocenters. The molecule has 4 nitrogen and oxygen atoms in total. The molecule has 0 aliphatic heterocycles. The van der Waals surface area contributed by atoms with Crippen molar-refractivity contribution in [3.05, 3.63) is 64.5 Å². The van der Waals surface area contributed by atoms with E-state index in [1.165, 1.54) is 23.3 Å². The summed E-state index contributed by atoms with van der Waals surface area (Å²) in [5.74, 6) is -0.530. The number of nitrogens with two attached hydrogens (primary N) is 1. The van der Waals surface area contributed by atoms with Crippen LogP contribution < -0.4 is 11.1 Å². The van der Waals surface area contributed by atoms with E-state index < -0.39 is 5.82 Å². The normalized spacial score (nSPS) is 11.5. The SMILES string of the molecule is Cc1ccc(NCc2ccc(F)cc2C(N)=NO)cc1C. The summed E-state index contributed by atoms with van der Waals surface area (Å²) in [6.45, 7) is 4.55. The zero-order valence-electron chi connectivity index (χ0n) is 12.0. The molecule has 4 N–H and O–H groups in total. The summed E-state index contributed by atoms with van der Waals surface area (Å²) in [7, 11) is 0. The Kier molecular flexibility index (Phi) is 4.42. The first-order valence-corrected chi connectivity index (χ1v) is 6.58. The number of oxime groups is 1. The van der Waals surface area contributed by atoms with Gasteiger partial charge in [-0.2, -0.15) is 0 Å². The van der Waals surface area contributed by atoms with Crippen LogP contribution in [0.1, 0.15) is 22.3 Å². The van der Waals surface area contributed by atoms with Crippen LogP contribution in [0.4, 0.5) is 10.1 Å². The molecule has 0 atom stereocenters. The van der Waals surface area contributed by atoms with Crippen LogP contribution in [-0.2, 0) is 6.54 Å². The van der Waals surface area contributed by atoms with Crippen molar-refractivity contribution in [2.45, 2.75) is 20.4 Å². The van der Waals surface area contributed by atoms with Gasteiger partial charge in [-0.1, -0.05) is 17.3 Å². The Balaban J connectivity index is 2.21. The van der Waals surface area contributed by atoms with Crippen molar-refractivity contribution in [3.63, 3.8) is 0 Å². The van der Waals surface area contributed by atoms with E-state index in [1.807, 2.05) is 25.1 Å². The molecule has 0 fully saturated rings. The van der Waals surface area contributed by atoms with Crippen molar-refractivity contribution in [1.29, 1.82) is 0 Å². The average Bonchev–Trinajstić information content (AvgIpc) is 2.48. The van der Waals surface area contributed by atoms with Gasteiger partial charge < -0.3 is 16.3 Å². The summed E-state index contributed by atoms with van der Waals surface area (Å²) in [4.78, 5) is 0. The molecule has 21 heavy (non-hydrogen) atoms. The zero-order chi connectivity index (χ0) is 15.4. The molecule has 0 spiro atoms. The van der Waals surface area contributed by atoms with Crippen molar-refractivity contribution in [2.75, 3.05) is 5.32 Å². The molecule has 2 aromatic rings. The molecule has 0 amide bonds. The molecule has 2 aromatic carbocycles. The molecule has 0 aliphatic rings. The largest absolute Gasteiger partial charge is 0.409 e. The van der Waals surface area contributed by atoms with Crippen LogP contribution in [0.15, 0.2) is 41.6 Å². The smallest absolute Gasteiger partial charge is 0.170 e. The van der Waals surface area contributed by atoms with Crippen molar-refractivity contribution >= 4 is 11.5 Å². The standard InChI is InChI=1S/C16H18FN3O/c1-10-3-6-14(7-11(10)2)19-9-12-4-5-13(17)8-15(12)16(18)20-21/h3-8,19,21H,9H2,1-2H3,(H2,18,20). The number of aryl methyl sites for hydroxylation is 2. The molecular weight excluding hydrogens is 269 g/mol. The highest BCUT2D eigenvalue weighted by Crippen LogP contribution is 2.17. The number of hydrogen-bond acceptors (Lipinski definition) is 3. The average molecular weight is 287 g/mol. The number of nitrogens with one attached hydrogen (secondary N) is 1. The fourth-order valence-corrected chi connectivity index (χ4v) is 2.04. The number of amidine groups is 1. The molecule has 0 aliphatic carbocycles. The quantitative estimate of drug-likeness (QED) is 0.350. The number of hydrogen-bond donors (Lipinski definition) is 3. The van der Waals surface area contributed by atoms with E-state index in [-0.39, 0.29) is 5.84 Å². The summed E-state index contributed by atoms with van der Waals surface area (Å²) in [5, 5.41) is 15.0. The lowest BCUT2D eigenvalue weighted by Crippen LogP contribution is -2.17. The topological polar surface area (TPSA) is 70.6 Å². The number of halogens is 1. The fourth-order valence-electron chi connectivity index (χ4n) is 2.04. The van der Waals surface area contributed by atoms with E-state index in [2.05, 4.69) is 17.4 Å². The van der Waals surface area contributed by atoms with Gasteiger partial charge in [-0.15, -0.1) is 0 Å². The van der Waals surface area contributed by atoms with Crippen LogP contribution in [-0.4, -0.2) is 11.0 Å². The van der Waals surface area contributed by atoms with Gasteiger partial charge in [0.25, 0.3) is 0 Å². The Hall–Kier alpha value is -2.56. The molecule has 0 saturated heterocycles. The minimum atomic E-state index is -0.425. The molecule has 5 heteroatoms. The van der Waals surface area contributed by atoms with Gasteiger partial charge in [-0.05, 0) is 54.8 Å². The van der Waals surface area contributed by atoms with E-state index in [4.69, 9.17) is 10.9 Å². The Morgan fingerprint density at radius 2 is 1.95 bits per heavy atom. The van der Waals surface area contributed by atoms with Crippen molar-refractivity contribution in [1.82, 2.24) is 0 Å². The molecule has 2 rings (SSSR count). The van der Waals surface area contributed by atoms with Gasteiger partial charge in [0.05, 0.1) is 0 Å². The first-order chi connectivity index (χ1) is 10.0. The molecule has 0 aromatic heterocycles. The van der Waals surface area contributed by atoms with Gasteiger partial charge in [-0.3, -0.25) is 0 Å². The number of benzene rings is 2. The predicted molar refractivity (Wildman–Crippen MR) is 82.2 cm³/mol. The second kappa shape index (κ2) is 6.26. The highest BCUT2D eigenvalue weighted by atomic mass is 19.1. The lowest BCUT2D eigenvalue weighted by Gasteiger charge is -2.12. The molecule has 0 heterocycles. The van der Waals surface area contributed by atoms with Gasteiger partial charge in [0, 0.05) is 17.8 Å². The van der Waals surface area contributed by atoms with Crippen molar-refractivity contribution in [3.8, 4) is 0 Å². The summed E-state index contributed by atoms with van der Waals surface area (Å²) in [6, 6.07) is 10.3. The third-order valence-corrected chi connectivity index (χ3v) is 3.45. The van der Waals surface area contributed by atoms with E-state index in [0.29, 0.717) is 12.1 Å². The van der Waals surface area contributed by atoms with Crippen molar-refractivity contribution < 1.29 is 9.60 Å². The van der Waals surface area contributed by atoms with Crippen LogP contribution in [0, 0.1) is 19.7 Å². The Morgan fingerprint density at radius 3 is 2.62 bits per heavy atom. The fraction of sp³-hybridized carbons (Fsp3) is 0.188. The maximum atomic E-state index is 13.3. The number of anilines is 1. The van der Waals surface area contributed by atoms with Gasteiger partial charge in [0.2, 0.25) is 0 Å². The van der Waals surface area contributed by atoms with E-state index in [9.17, 15) is 4.39 Å². The van der Waals surface area contributed by atoms with Gasteiger partial charge in [0.1, 0.15) is 5.82 Å².